The maximum atomic E-state index is 12.6. The zero-order chi connectivity index (χ0) is 26.9. The van der Waals surface area contributed by atoms with Gasteiger partial charge in [-0.3, -0.25) is 30.5 Å². The van der Waals surface area contributed by atoms with Crippen molar-refractivity contribution in [2.24, 2.45) is 0 Å². The molecule has 0 aliphatic carbocycles. The second-order valence-corrected chi connectivity index (χ2v) is 7.83. The highest BCUT2D eigenvalue weighted by atomic mass is 17.1. The Morgan fingerprint density at radius 1 is 0.886 bits per heavy atom. The largest absolute Gasteiger partial charge is 0.508 e. The third kappa shape index (κ3) is 19.6. The number of carbonyl (C=O) groups is 3. The molecule has 0 fully saturated rings. The highest BCUT2D eigenvalue weighted by Gasteiger charge is 2.31. The summed E-state index contributed by atoms with van der Waals surface area (Å²) in [7, 11) is 0. The predicted molar refractivity (Wildman–Crippen MR) is 111 cm³/mol. The van der Waals surface area contributed by atoms with Crippen LogP contribution in [-0.2, 0) is 33.4 Å². The van der Waals surface area contributed by atoms with Gasteiger partial charge in [-0.1, -0.05) is 0 Å². The number of alkyl carbamates (subject to hydrolysis) is 1. The van der Waals surface area contributed by atoms with Crippen LogP contribution in [0.2, 0.25) is 0 Å². The number of nitrogens with one attached hydrogen (secondary N) is 2. The van der Waals surface area contributed by atoms with Crippen molar-refractivity contribution in [1.82, 2.24) is 21.4 Å². The molecule has 0 bridgehead atoms. The first-order valence-corrected chi connectivity index (χ1v) is 10.6. The first kappa shape index (κ1) is 32.7. The standard InChI is InChI=1S/C18H36N4O13/c1-13(34-17(25)31-11-9-30-10-12-33-22(28)29)14(20-16(24)35-18(2,3)4)15(23)19-7-5-6-8-32-21(26)27/h13-14,26-29H,5-12H2,1-4H3,(H,19,23)(H,20,24). The minimum atomic E-state index is -1.31. The first-order valence-electron chi connectivity index (χ1n) is 10.6. The summed E-state index contributed by atoms with van der Waals surface area (Å²) in [5.74, 6) is -0.659. The molecule has 0 saturated heterocycles. The van der Waals surface area contributed by atoms with Crippen LogP contribution >= 0.6 is 0 Å². The van der Waals surface area contributed by atoms with Gasteiger partial charge in [-0.25, -0.2) is 14.4 Å². The molecule has 0 spiro atoms. The fourth-order valence-corrected chi connectivity index (χ4v) is 2.24. The number of ether oxygens (including phenoxy) is 4. The fourth-order valence-electron chi connectivity index (χ4n) is 2.24. The maximum absolute atomic E-state index is 12.6. The Morgan fingerprint density at radius 3 is 2.09 bits per heavy atom. The van der Waals surface area contributed by atoms with Crippen molar-refractivity contribution in [3.63, 3.8) is 0 Å². The van der Waals surface area contributed by atoms with Crippen molar-refractivity contribution in [2.75, 3.05) is 39.6 Å². The zero-order valence-corrected chi connectivity index (χ0v) is 20.2. The summed E-state index contributed by atoms with van der Waals surface area (Å²) in [5, 5.41) is 37.6. The van der Waals surface area contributed by atoms with E-state index in [1.54, 1.807) is 20.8 Å². The lowest BCUT2D eigenvalue weighted by molar-refractivity contribution is -0.493. The number of rotatable bonds is 17. The van der Waals surface area contributed by atoms with E-state index in [1.165, 1.54) is 6.92 Å². The number of unbranched alkanes of at least 4 members (excludes halogenated alkanes) is 1. The molecule has 0 aliphatic rings. The molecule has 35 heavy (non-hydrogen) atoms. The Kier molecular flexibility index (Phi) is 16.8. The summed E-state index contributed by atoms with van der Waals surface area (Å²) in [6, 6.07) is -1.31. The van der Waals surface area contributed by atoms with Crippen LogP contribution in [0.5, 0.6) is 0 Å². The highest BCUT2D eigenvalue weighted by molar-refractivity contribution is 5.86. The lowest BCUT2D eigenvalue weighted by atomic mass is 10.1. The smallest absolute Gasteiger partial charge is 0.444 e. The van der Waals surface area contributed by atoms with Crippen molar-refractivity contribution in [3.8, 4) is 0 Å². The van der Waals surface area contributed by atoms with Crippen LogP contribution in [0, 0.1) is 0 Å². The van der Waals surface area contributed by atoms with Crippen LogP contribution in [0.3, 0.4) is 0 Å². The molecular weight excluding hydrogens is 480 g/mol. The van der Waals surface area contributed by atoms with E-state index >= 15 is 0 Å². The Morgan fingerprint density at radius 2 is 1.49 bits per heavy atom. The van der Waals surface area contributed by atoms with Crippen molar-refractivity contribution < 1.29 is 63.8 Å². The van der Waals surface area contributed by atoms with Gasteiger partial charge < -0.3 is 29.6 Å². The number of amides is 2. The predicted octanol–water partition coefficient (Wildman–Crippen LogP) is 0.358. The van der Waals surface area contributed by atoms with Gasteiger partial charge in [-0.15, -0.1) is 0 Å². The lowest BCUT2D eigenvalue weighted by Crippen LogP contribution is -2.54. The number of carbonyl (C=O) groups excluding carboxylic acids is 3. The van der Waals surface area contributed by atoms with Crippen molar-refractivity contribution in [2.45, 2.75) is 58.3 Å². The van der Waals surface area contributed by atoms with E-state index in [1.807, 2.05) is 0 Å². The molecule has 17 nitrogen and oxygen atoms in total. The van der Waals surface area contributed by atoms with Crippen LogP contribution in [0.25, 0.3) is 0 Å². The fraction of sp³-hybridized carbons (Fsp3) is 0.833. The van der Waals surface area contributed by atoms with Gasteiger partial charge in [0.05, 0.1) is 37.2 Å². The van der Waals surface area contributed by atoms with Crippen molar-refractivity contribution in [3.05, 3.63) is 0 Å². The molecular formula is C18H36N4O13. The summed E-state index contributed by atoms with van der Waals surface area (Å²) in [5.41, 5.74) is -0.834. The van der Waals surface area contributed by atoms with Gasteiger partial charge in [0.15, 0.2) is 0 Å². The summed E-state index contributed by atoms with van der Waals surface area (Å²) in [6.07, 6.45) is -2.37. The minimum Gasteiger partial charge on any atom is -0.444 e. The van der Waals surface area contributed by atoms with Crippen LogP contribution in [-0.4, -0.2) is 107 Å². The van der Waals surface area contributed by atoms with Gasteiger partial charge in [0, 0.05) is 6.54 Å². The van der Waals surface area contributed by atoms with Crippen molar-refractivity contribution in [1.29, 1.82) is 0 Å². The second kappa shape index (κ2) is 18.0. The molecule has 0 aromatic rings. The summed E-state index contributed by atoms with van der Waals surface area (Å²) < 4.78 is 20.1. The summed E-state index contributed by atoms with van der Waals surface area (Å²) in [4.78, 5) is 45.4. The Balaban J connectivity index is 4.64. The Labute approximate surface area is 202 Å². The van der Waals surface area contributed by atoms with E-state index < -0.39 is 46.7 Å². The average molecular weight is 517 g/mol. The van der Waals surface area contributed by atoms with Crippen molar-refractivity contribution >= 4 is 18.2 Å². The molecule has 0 saturated carbocycles. The molecule has 2 amide bonds. The van der Waals surface area contributed by atoms with Crippen LogP contribution < -0.4 is 10.6 Å². The molecule has 0 heterocycles. The van der Waals surface area contributed by atoms with Gasteiger partial charge in [0.1, 0.15) is 24.4 Å². The second-order valence-electron chi connectivity index (χ2n) is 7.83. The van der Waals surface area contributed by atoms with Gasteiger partial charge >= 0.3 is 12.2 Å². The van der Waals surface area contributed by atoms with Crippen LogP contribution in [0.4, 0.5) is 9.59 Å². The average Bonchev–Trinajstić information content (AvgIpc) is 2.71. The number of nitrogens with zero attached hydrogens (tertiary/aromatic N) is 2. The maximum Gasteiger partial charge on any atom is 0.508 e. The van der Waals surface area contributed by atoms with E-state index in [9.17, 15) is 14.4 Å². The van der Waals surface area contributed by atoms with E-state index in [-0.39, 0.29) is 39.6 Å². The number of hydrogen-bond donors (Lipinski definition) is 6. The van der Waals surface area contributed by atoms with E-state index in [0.29, 0.717) is 12.8 Å². The van der Waals surface area contributed by atoms with E-state index in [0.717, 1.165) is 0 Å². The normalized spacial score (nSPS) is 13.3. The minimum absolute atomic E-state index is 0.00807. The summed E-state index contributed by atoms with van der Waals surface area (Å²) >= 11 is 0. The van der Waals surface area contributed by atoms with E-state index in [2.05, 4.69) is 20.3 Å². The van der Waals surface area contributed by atoms with Gasteiger partial charge in [0.25, 0.3) is 0 Å². The molecule has 0 aliphatic heterocycles. The quantitative estimate of drug-likeness (QED) is 0.0873. The van der Waals surface area contributed by atoms with Gasteiger partial charge in [0.2, 0.25) is 5.91 Å². The molecule has 0 rings (SSSR count). The van der Waals surface area contributed by atoms with Gasteiger partial charge in [-0.2, -0.15) is 0 Å². The first-order chi connectivity index (χ1) is 16.3. The topological polar surface area (TPSA) is 218 Å². The Bertz CT molecular complexity index is 616. The molecule has 0 radical (unpaired) electrons. The summed E-state index contributed by atoms with van der Waals surface area (Å²) in [6.45, 7) is 6.02. The van der Waals surface area contributed by atoms with Crippen LogP contribution in [0.15, 0.2) is 0 Å². The SMILES string of the molecule is CC(OC(=O)OCCOCCON(O)O)C(NC(=O)OC(C)(C)C)C(=O)NCCCCON(O)O. The number of hydrogen-bond acceptors (Lipinski definition) is 15. The molecule has 0 aromatic carbocycles. The van der Waals surface area contributed by atoms with Gasteiger partial charge in [-0.05, 0) is 40.5 Å². The monoisotopic (exact) mass is 516 g/mol. The molecule has 2 unspecified atom stereocenters. The third-order valence-electron chi connectivity index (χ3n) is 3.67. The van der Waals surface area contributed by atoms with E-state index in [4.69, 9.17) is 39.8 Å². The highest BCUT2D eigenvalue weighted by Crippen LogP contribution is 2.09. The zero-order valence-electron chi connectivity index (χ0n) is 20.2. The molecule has 2 atom stereocenters. The molecule has 0 aromatic heterocycles. The Hall–Kier alpha value is -2.35. The molecule has 6 N–H and O–H groups in total. The molecule has 17 heteroatoms. The van der Waals surface area contributed by atoms with Crippen LogP contribution in [0.1, 0.15) is 40.5 Å². The third-order valence-corrected chi connectivity index (χ3v) is 3.67. The lowest BCUT2D eigenvalue weighted by Gasteiger charge is -2.26. The molecule has 206 valence electrons.